The molecule has 0 unspecified atom stereocenters. The number of benzene rings is 1. The molecule has 0 saturated carbocycles. The van der Waals surface area contributed by atoms with E-state index in [0.29, 0.717) is 11.4 Å². The molecule has 1 heterocycles. The van der Waals surface area contributed by atoms with Crippen molar-refractivity contribution in [3.05, 3.63) is 47.2 Å². The van der Waals surface area contributed by atoms with Gasteiger partial charge < -0.3 is 15.0 Å². The number of amides is 2. The normalized spacial score (nSPS) is 10.4. The van der Waals surface area contributed by atoms with E-state index in [1.165, 1.54) is 17.3 Å². The van der Waals surface area contributed by atoms with Gasteiger partial charge in [0.2, 0.25) is 5.91 Å². The lowest BCUT2D eigenvalue weighted by Gasteiger charge is -2.26. The average molecular weight is 407 g/mol. The van der Waals surface area contributed by atoms with E-state index in [4.69, 9.17) is 4.74 Å². The van der Waals surface area contributed by atoms with Gasteiger partial charge in [0.25, 0.3) is 5.91 Å². The van der Waals surface area contributed by atoms with Gasteiger partial charge in [-0.3, -0.25) is 9.59 Å². The number of nitrogens with zero attached hydrogens (tertiary/aromatic N) is 3. The van der Waals surface area contributed by atoms with E-state index in [0.717, 1.165) is 4.47 Å². The Balaban J connectivity index is 1.91. The van der Waals surface area contributed by atoms with Crippen molar-refractivity contribution in [2.45, 2.75) is 19.9 Å². The summed E-state index contributed by atoms with van der Waals surface area (Å²) >= 11 is 3.34. The number of ether oxygens (including phenoxy) is 1. The van der Waals surface area contributed by atoms with Gasteiger partial charge in [0, 0.05) is 10.5 Å². The molecule has 0 fully saturated rings. The predicted molar refractivity (Wildman–Crippen MR) is 97.1 cm³/mol. The largest absolute Gasteiger partial charge is 0.484 e. The zero-order valence-corrected chi connectivity index (χ0v) is 15.6. The van der Waals surface area contributed by atoms with E-state index in [1.54, 1.807) is 18.2 Å². The number of rotatable bonds is 7. The van der Waals surface area contributed by atoms with E-state index < -0.39 is 0 Å². The summed E-state index contributed by atoms with van der Waals surface area (Å²) in [5, 5.41) is 10.0. The van der Waals surface area contributed by atoms with Crippen molar-refractivity contribution < 1.29 is 14.3 Å². The number of nitrogens with one attached hydrogen (secondary N) is 1. The molecule has 0 aliphatic carbocycles. The van der Waals surface area contributed by atoms with E-state index in [9.17, 15) is 9.59 Å². The first-order chi connectivity index (χ1) is 12.0. The van der Waals surface area contributed by atoms with Crippen molar-refractivity contribution in [3.8, 4) is 5.75 Å². The molecule has 1 aromatic carbocycles. The lowest BCUT2D eigenvalue weighted by molar-refractivity contribution is -0.138. The Kier molecular flexibility index (Phi) is 6.88. The third-order valence-corrected chi connectivity index (χ3v) is 3.83. The molecule has 1 N–H and O–H groups in total. The predicted octanol–water partition coefficient (Wildman–Crippen LogP) is 2.49. The SMILES string of the molecule is CC(C)N(CC(=O)Nc1ccnnc1)C(=O)COc1ccc(Br)cc1. The molecule has 0 atom stereocenters. The highest BCUT2D eigenvalue weighted by molar-refractivity contribution is 9.10. The Morgan fingerprint density at radius 2 is 1.92 bits per heavy atom. The van der Waals surface area contributed by atoms with Crippen molar-refractivity contribution in [1.82, 2.24) is 15.1 Å². The van der Waals surface area contributed by atoms with Crippen LogP contribution in [0.2, 0.25) is 0 Å². The second-order valence-electron chi connectivity index (χ2n) is 5.54. The standard InChI is InChI=1S/C17H19BrN4O3/c1-12(2)22(10-16(23)21-14-7-8-19-20-9-14)17(24)11-25-15-5-3-13(18)4-6-15/h3-9,12H,10-11H2,1-2H3,(H,19,21,23). The monoisotopic (exact) mass is 406 g/mol. The van der Waals surface area contributed by atoms with Gasteiger partial charge in [0.1, 0.15) is 12.3 Å². The third kappa shape index (κ3) is 6.15. The van der Waals surface area contributed by atoms with Crippen LogP contribution in [0.5, 0.6) is 5.75 Å². The van der Waals surface area contributed by atoms with Gasteiger partial charge >= 0.3 is 0 Å². The van der Waals surface area contributed by atoms with Crippen LogP contribution in [-0.2, 0) is 9.59 Å². The fourth-order valence-corrected chi connectivity index (χ4v) is 2.30. The van der Waals surface area contributed by atoms with Crippen LogP contribution in [0.25, 0.3) is 0 Å². The Labute approximate surface area is 154 Å². The molecule has 2 amide bonds. The number of carbonyl (C=O) groups excluding carboxylic acids is 2. The van der Waals surface area contributed by atoms with Gasteiger partial charge in [0.15, 0.2) is 6.61 Å². The number of hydrogen-bond donors (Lipinski definition) is 1. The molecule has 1 aromatic heterocycles. The van der Waals surface area contributed by atoms with Gasteiger partial charge in [-0.05, 0) is 44.2 Å². The van der Waals surface area contributed by atoms with Crippen molar-refractivity contribution in [2.24, 2.45) is 0 Å². The number of halogens is 1. The molecule has 8 heteroatoms. The van der Waals surface area contributed by atoms with Crippen LogP contribution in [0.1, 0.15) is 13.8 Å². The number of anilines is 1. The molecule has 2 aromatic rings. The van der Waals surface area contributed by atoms with E-state index >= 15 is 0 Å². The van der Waals surface area contributed by atoms with Crippen LogP contribution in [0.3, 0.4) is 0 Å². The Hall–Kier alpha value is -2.48. The highest BCUT2D eigenvalue weighted by Crippen LogP contribution is 2.16. The highest BCUT2D eigenvalue weighted by Gasteiger charge is 2.20. The molecule has 0 spiro atoms. The minimum atomic E-state index is -0.307. The minimum Gasteiger partial charge on any atom is -0.484 e. The van der Waals surface area contributed by atoms with Crippen LogP contribution in [-0.4, -0.2) is 46.1 Å². The van der Waals surface area contributed by atoms with E-state index in [-0.39, 0.29) is 31.0 Å². The van der Waals surface area contributed by atoms with Crippen molar-refractivity contribution in [1.29, 1.82) is 0 Å². The van der Waals surface area contributed by atoms with Gasteiger partial charge in [-0.2, -0.15) is 10.2 Å². The summed E-state index contributed by atoms with van der Waals surface area (Å²) in [7, 11) is 0. The van der Waals surface area contributed by atoms with Crippen molar-refractivity contribution >= 4 is 33.4 Å². The molecular formula is C17H19BrN4O3. The second-order valence-corrected chi connectivity index (χ2v) is 6.45. The summed E-state index contributed by atoms with van der Waals surface area (Å²) in [6, 6.07) is 8.68. The summed E-state index contributed by atoms with van der Waals surface area (Å²) in [5.74, 6) is 0.0205. The molecule has 25 heavy (non-hydrogen) atoms. The molecular weight excluding hydrogens is 388 g/mol. The first-order valence-corrected chi connectivity index (χ1v) is 8.49. The van der Waals surface area contributed by atoms with E-state index in [2.05, 4.69) is 31.4 Å². The lowest BCUT2D eigenvalue weighted by Crippen LogP contribution is -2.44. The summed E-state index contributed by atoms with van der Waals surface area (Å²) < 4.78 is 6.42. The maximum Gasteiger partial charge on any atom is 0.261 e. The van der Waals surface area contributed by atoms with Crippen LogP contribution < -0.4 is 10.1 Å². The topological polar surface area (TPSA) is 84.4 Å². The molecule has 0 radical (unpaired) electrons. The first-order valence-electron chi connectivity index (χ1n) is 7.70. The first kappa shape index (κ1) is 18.9. The third-order valence-electron chi connectivity index (χ3n) is 3.30. The fraction of sp³-hybridized carbons (Fsp3) is 0.294. The molecule has 0 aliphatic heterocycles. The smallest absolute Gasteiger partial charge is 0.261 e. The maximum absolute atomic E-state index is 12.4. The second kappa shape index (κ2) is 9.12. The van der Waals surface area contributed by atoms with E-state index in [1.807, 2.05) is 26.0 Å². The van der Waals surface area contributed by atoms with Gasteiger partial charge in [-0.1, -0.05) is 15.9 Å². The van der Waals surface area contributed by atoms with Crippen LogP contribution in [0.15, 0.2) is 47.2 Å². The van der Waals surface area contributed by atoms with Crippen molar-refractivity contribution in [2.75, 3.05) is 18.5 Å². The molecule has 0 aliphatic rings. The van der Waals surface area contributed by atoms with Gasteiger partial charge in [-0.15, -0.1) is 0 Å². The van der Waals surface area contributed by atoms with Crippen LogP contribution in [0.4, 0.5) is 5.69 Å². The Bertz CT molecular complexity index is 708. The van der Waals surface area contributed by atoms with Crippen molar-refractivity contribution in [3.63, 3.8) is 0 Å². The number of hydrogen-bond acceptors (Lipinski definition) is 5. The van der Waals surface area contributed by atoms with Gasteiger partial charge in [-0.25, -0.2) is 0 Å². The summed E-state index contributed by atoms with van der Waals surface area (Å²) in [6.45, 7) is 3.49. The Morgan fingerprint density at radius 1 is 1.20 bits per heavy atom. The lowest BCUT2D eigenvalue weighted by atomic mass is 10.3. The Morgan fingerprint density at radius 3 is 2.52 bits per heavy atom. The zero-order valence-electron chi connectivity index (χ0n) is 14.0. The van der Waals surface area contributed by atoms with Crippen LogP contribution in [0, 0.1) is 0 Å². The van der Waals surface area contributed by atoms with Gasteiger partial charge in [0.05, 0.1) is 18.1 Å². The fourth-order valence-electron chi connectivity index (χ4n) is 2.04. The minimum absolute atomic E-state index is 0.0669. The molecule has 7 nitrogen and oxygen atoms in total. The molecule has 0 bridgehead atoms. The quantitative estimate of drug-likeness (QED) is 0.763. The summed E-state index contributed by atoms with van der Waals surface area (Å²) in [6.07, 6.45) is 2.92. The number of aromatic nitrogens is 2. The summed E-state index contributed by atoms with van der Waals surface area (Å²) in [4.78, 5) is 26.0. The highest BCUT2D eigenvalue weighted by atomic mass is 79.9. The average Bonchev–Trinajstić information content (AvgIpc) is 2.59. The maximum atomic E-state index is 12.4. The molecule has 132 valence electrons. The number of carbonyl (C=O) groups is 2. The summed E-state index contributed by atoms with van der Waals surface area (Å²) in [5.41, 5.74) is 0.530. The van der Waals surface area contributed by atoms with Crippen LogP contribution >= 0.6 is 15.9 Å². The molecule has 0 saturated heterocycles. The molecule has 2 rings (SSSR count). The zero-order chi connectivity index (χ0) is 18.2.